The summed E-state index contributed by atoms with van der Waals surface area (Å²) < 4.78 is 6.37. The summed E-state index contributed by atoms with van der Waals surface area (Å²) in [5.74, 6) is 0.877. The van der Waals surface area contributed by atoms with Crippen molar-refractivity contribution in [3.05, 3.63) is 33.9 Å². The Morgan fingerprint density at radius 3 is 2.60 bits per heavy atom. The zero-order valence-corrected chi connectivity index (χ0v) is 10.6. The summed E-state index contributed by atoms with van der Waals surface area (Å²) >= 11 is 3.53. The molecular weight excluding hydrogens is 254 g/mol. The lowest BCUT2D eigenvalue weighted by Gasteiger charge is -2.08. The van der Waals surface area contributed by atoms with Crippen LogP contribution in [0.3, 0.4) is 0 Å². The van der Waals surface area contributed by atoms with Gasteiger partial charge in [-0.25, -0.2) is 0 Å². The number of pyridine rings is 1. The number of halogens is 1. The highest BCUT2D eigenvalue weighted by molar-refractivity contribution is 9.10. The first-order chi connectivity index (χ1) is 7.11. The summed E-state index contributed by atoms with van der Waals surface area (Å²) in [6, 6.07) is 6.10. The Balaban J connectivity index is 2.89. The van der Waals surface area contributed by atoms with Crippen LogP contribution in [0.15, 0.2) is 22.7 Å². The van der Waals surface area contributed by atoms with Crippen LogP contribution in [0.4, 0.5) is 0 Å². The first kappa shape index (κ1) is 10.4. The van der Waals surface area contributed by atoms with Gasteiger partial charge in [-0.3, -0.25) is 4.98 Å². The van der Waals surface area contributed by atoms with E-state index in [4.69, 9.17) is 4.74 Å². The van der Waals surface area contributed by atoms with E-state index in [0.717, 1.165) is 26.8 Å². The van der Waals surface area contributed by atoms with E-state index in [9.17, 15) is 0 Å². The molecule has 1 aromatic carbocycles. The molecule has 1 heterocycles. The highest BCUT2D eigenvalue weighted by atomic mass is 79.9. The van der Waals surface area contributed by atoms with E-state index >= 15 is 0 Å². The minimum atomic E-state index is 0.877. The standard InChI is InChI=1S/C12H12BrNO/c1-7-4-9-11(15-3)6-8(2)14-12(9)10(13)5-7/h4-6H,1-3H3. The van der Waals surface area contributed by atoms with Crippen LogP contribution in [0.2, 0.25) is 0 Å². The number of nitrogens with zero attached hydrogens (tertiary/aromatic N) is 1. The molecule has 0 saturated heterocycles. The molecule has 1 aromatic heterocycles. The molecule has 0 aliphatic carbocycles. The monoisotopic (exact) mass is 265 g/mol. The topological polar surface area (TPSA) is 22.1 Å². The molecule has 0 radical (unpaired) electrons. The van der Waals surface area contributed by atoms with Crippen LogP contribution in [-0.2, 0) is 0 Å². The number of ether oxygens (including phenoxy) is 1. The smallest absolute Gasteiger partial charge is 0.130 e. The van der Waals surface area contributed by atoms with Gasteiger partial charge in [0, 0.05) is 21.6 Å². The van der Waals surface area contributed by atoms with Crippen LogP contribution in [0.1, 0.15) is 11.3 Å². The maximum atomic E-state index is 5.36. The highest BCUT2D eigenvalue weighted by Crippen LogP contribution is 2.31. The first-order valence-electron chi connectivity index (χ1n) is 4.73. The van der Waals surface area contributed by atoms with Crippen molar-refractivity contribution >= 4 is 26.8 Å². The molecule has 78 valence electrons. The van der Waals surface area contributed by atoms with E-state index < -0.39 is 0 Å². The number of hydrogen-bond acceptors (Lipinski definition) is 2. The Labute approximate surface area is 97.4 Å². The minimum absolute atomic E-state index is 0.877. The molecular formula is C12H12BrNO. The average Bonchev–Trinajstić information content (AvgIpc) is 2.18. The Hall–Kier alpha value is -1.09. The van der Waals surface area contributed by atoms with Gasteiger partial charge in [-0.1, -0.05) is 0 Å². The Bertz CT molecular complexity index is 523. The molecule has 2 aromatic rings. The second-order valence-corrected chi connectivity index (χ2v) is 4.46. The molecule has 2 rings (SSSR count). The van der Waals surface area contributed by atoms with Crippen LogP contribution >= 0.6 is 15.9 Å². The zero-order chi connectivity index (χ0) is 11.0. The average molecular weight is 266 g/mol. The molecule has 0 atom stereocenters. The number of rotatable bonds is 1. The van der Waals surface area contributed by atoms with Crippen LogP contribution in [0.25, 0.3) is 10.9 Å². The summed E-state index contributed by atoms with van der Waals surface area (Å²) in [4.78, 5) is 4.50. The summed E-state index contributed by atoms with van der Waals surface area (Å²) in [6.07, 6.45) is 0. The van der Waals surface area contributed by atoms with Crippen molar-refractivity contribution < 1.29 is 4.74 Å². The fraction of sp³-hybridized carbons (Fsp3) is 0.250. The third-order valence-electron chi connectivity index (χ3n) is 2.32. The maximum Gasteiger partial charge on any atom is 0.130 e. The molecule has 0 aliphatic rings. The summed E-state index contributed by atoms with van der Waals surface area (Å²) in [7, 11) is 1.68. The lowest BCUT2D eigenvalue weighted by atomic mass is 10.1. The maximum absolute atomic E-state index is 5.36. The van der Waals surface area contributed by atoms with Crippen molar-refractivity contribution in [1.82, 2.24) is 4.98 Å². The predicted molar refractivity (Wildman–Crippen MR) is 65.5 cm³/mol. The fourth-order valence-corrected chi connectivity index (χ4v) is 2.34. The van der Waals surface area contributed by atoms with Crippen molar-refractivity contribution in [3.8, 4) is 5.75 Å². The normalized spacial score (nSPS) is 10.7. The van der Waals surface area contributed by atoms with Gasteiger partial charge in [-0.05, 0) is 47.5 Å². The van der Waals surface area contributed by atoms with Crippen molar-refractivity contribution in [2.24, 2.45) is 0 Å². The molecule has 0 aliphatic heterocycles. The molecule has 0 spiro atoms. The number of methoxy groups -OCH3 is 1. The third-order valence-corrected chi connectivity index (χ3v) is 2.93. The van der Waals surface area contributed by atoms with Crippen molar-refractivity contribution in [2.75, 3.05) is 7.11 Å². The third kappa shape index (κ3) is 1.84. The SMILES string of the molecule is COc1cc(C)nc2c(Br)cc(C)cc12. The van der Waals surface area contributed by atoms with Gasteiger partial charge in [0.15, 0.2) is 0 Å². The van der Waals surface area contributed by atoms with Crippen LogP contribution in [0.5, 0.6) is 5.75 Å². The van der Waals surface area contributed by atoms with E-state index in [0.29, 0.717) is 0 Å². The van der Waals surface area contributed by atoms with E-state index in [1.165, 1.54) is 5.56 Å². The minimum Gasteiger partial charge on any atom is -0.496 e. The Morgan fingerprint density at radius 2 is 1.93 bits per heavy atom. The number of aryl methyl sites for hydroxylation is 2. The van der Waals surface area contributed by atoms with Gasteiger partial charge < -0.3 is 4.74 Å². The van der Waals surface area contributed by atoms with Gasteiger partial charge in [0.2, 0.25) is 0 Å². The zero-order valence-electron chi connectivity index (χ0n) is 8.97. The molecule has 0 fully saturated rings. The first-order valence-corrected chi connectivity index (χ1v) is 5.52. The van der Waals surface area contributed by atoms with Crippen molar-refractivity contribution in [3.63, 3.8) is 0 Å². The van der Waals surface area contributed by atoms with Gasteiger partial charge in [0.25, 0.3) is 0 Å². The van der Waals surface area contributed by atoms with Gasteiger partial charge in [0.05, 0.1) is 12.6 Å². The molecule has 0 saturated carbocycles. The molecule has 15 heavy (non-hydrogen) atoms. The quantitative estimate of drug-likeness (QED) is 0.786. The lowest BCUT2D eigenvalue weighted by Crippen LogP contribution is -1.91. The summed E-state index contributed by atoms with van der Waals surface area (Å²) in [6.45, 7) is 4.03. The summed E-state index contributed by atoms with van der Waals surface area (Å²) in [5.41, 5.74) is 3.11. The van der Waals surface area contributed by atoms with Crippen LogP contribution in [0, 0.1) is 13.8 Å². The fourth-order valence-electron chi connectivity index (χ4n) is 1.68. The Kier molecular flexibility index (Phi) is 2.65. The van der Waals surface area contributed by atoms with Crippen LogP contribution < -0.4 is 4.74 Å². The second-order valence-electron chi connectivity index (χ2n) is 3.61. The van der Waals surface area contributed by atoms with Gasteiger partial charge in [0.1, 0.15) is 5.75 Å². The van der Waals surface area contributed by atoms with Gasteiger partial charge in [-0.15, -0.1) is 0 Å². The highest BCUT2D eigenvalue weighted by Gasteiger charge is 2.07. The number of aromatic nitrogens is 1. The van der Waals surface area contributed by atoms with Crippen molar-refractivity contribution in [2.45, 2.75) is 13.8 Å². The number of fused-ring (bicyclic) bond motifs is 1. The molecule has 3 heteroatoms. The van der Waals surface area contributed by atoms with E-state index in [-0.39, 0.29) is 0 Å². The number of benzene rings is 1. The Morgan fingerprint density at radius 1 is 1.20 bits per heavy atom. The van der Waals surface area contributed by atoms with E-state index in [2.05, 4.69) is 40.0 Å². The predicted octanol–water partition coefficient (Wildman–Crippen LogP) is 3.62. The lowest BCUT2D eigenvalue weighted by molar-refractivity contribution is 0.419. The second kappa shape index (κ2) is 3.81. The molecule has 0 amide bonds. The molecule has 0 unspecified atom stereocenters. The number of hydrogen-bond donors (Lipinski definition) is 0. The molecule has 2 nitrogen and oxygen atoms in total. The summed E-state index contributed by atoms with van der Waals surface area (Å²) in [5, 5.41) is 1.05. The van der Waals surface area contributed by atoms with Gasteiger partial charge >= 0.3 is 0 Å². The molecule has 0 bridgehead atoms. The van der Waals surface area contributed by atoms with Crippen LogP contribution in [-0.4, -0.2) is 12.1 Å². The van der Waals surface area contributed by atoms with E-state index in [1.807, 2.05) is 13.0 Å². The van der Waals surface area contributed by atoms with Gasteiger partial charge in [-0.2, -0.15) is 0 Å². The van der Waals surface area contributed by atoms with E-state index in [1.54, 1.807) is 7.11 Å². The molecule has 0 N–H and O–H groups in total. The largest absolute Gasteiger partial charge is 0.496 e. The van der Waals surface area contributed by atoms with Crippen molar-refractivity contribution in [1.29, 1.82) is 0 Å².